The van der Waals surface area contributed by atoms with Crippen LogP contribution in [0.25, 0.3) is 0 Å². The van der Waals surface area contributed by atoms with Gasteiger partial charge in [0.05, 0.1) is 24.0 Å². The zero-order chi connectivity index (χ0) is 25.7. The number of hydrazine groups is 1. The summed E-state index contributed by atoms with van der Waals surface area (Å²) in [5.74, 6) is 6.03. The van der Waals surface area contributed by atoms with Gasteiger partial charge < -0.3 is 22.2 Å². The maximum Gasteiger partial charge on any atom is 0.416 e. The number of nitrogens with zero attached hydrogens (tertiary/aromatic N) is 3. The second-order valence-electron chi connectivity index (χ2n) is 9.34. The number of nitrogens with two attached hydrogens (primary N) is 3. The highest BCUT2D eigenvalue weighted by molar-refractivity contribution is 5.70. The molecule has 0 saturated heterocycles. The van der Waals surface area contributed by atoms with Crippen LogP contribution < -0.4 is 28.1 Å². The van der Waals surface area contributed by atoms with Gasteiger partial charge in [-0.15, -0.1) is 0 Å². The van der Waals surface area contributed by atoms with Crippen molar-refractivity contribution in [2.24, 2.45) is 5.84 Å². The quantitative estimate of drug-likeness (QED) is 0.218. The maximum absolute atomic E-state index is 13.1. The summed E-state index contributed by atoms with van der Waals surface area (Å²) in [6.45, 7) is 0.974. The van der Waals surface area contributed by atoms with Gasteiger partial charge in [0.2, 0.25) is 0 Å². The molecule has 1 aliphatic carbocycles. The molecule has 2 aromatic heterocycles. The van der Waals surface area contributed by atoms with Crippen molar-refractivity contribution in [1.29, 1.82) is 0 Å². The number of benzene rings is 1. The van der Waals surface area contributed by atoms with Gasteiger partial charge in [-0.25, -0.2) is 10.8 Å². The summed E-state index contributed by atoms with van der Waals surface area (Å²) in [5.41, 5.74) is 16.8. The summed E-state index contributed by atoms with van der Waals surface area (Å²) in [5, 5.41) is 8.09. The van der Waals surface area contributed by atoms with Crippen LogP contribution in [0.3, 0.4) is 0 Å². The third kappa shape index (κ3) is 6.27. The summed E-state index contributed by atoms with van der Waals surface area (Å²) in [6.07, 6.45) is 6.01. The number of nitrogen functional groups attached to an aromatic ring is 3. The first kappa shape index (κ1) is 25.8. The molecule has 1 aromatic carbocycles. The molecule has 0 amide bonds. The normalized spacial score (nSPS) is 15.7. The lowest BCUT2D eigenvalue weighted by Crippen LogP contribution is -2.32. The molecule has 0 bridgehead atoms. The predicted octanol–water partition coefficient (Wildman–Crippen LogP) is 4.24. The third-order valence-corrected chi connectivity index (χ3v) is 6.75. The molecule has 0 aliphatic heterocycles. The highest BCUT2D eigenvalue weighted by Crippen LogP contribution is 2.36. The molecule has 3 aromatic rings. The fraction of sp³-hybridized carbons (Fsp3) is 0.440. The lowest BCUT2D eigenvalue weighted by Gasteiger charge is -2.25. The van der Waals surface area contributed by atoms with Gasteiger partial charge in [0.25, 0.3) is 0 Å². The smallest absolute Gasteiger partial charge is 0.395 e. The molecule has 194 valence electrons. The summed E-state index contributed by atoms with van der Waals surface area (Å²) in [4.78, 5) is 4.16. The minimum Gasteiger partial charge on any atom is -0.395 e. The topological polar surface area (TPSA) is 133 Å². The number of anilines is 3. The first-order valence-corrected chi connectivity index (χ1v) is 12.2. The van der Waals surface area contributed by atoms with E-state index in [1.54, 1.807) is 23.0 Å². The molecule has 0 radical (unpaired) electrons. The Morgan fingerprint density at radius 3 is 2.61 bits per heavy atom. The maximum atomic E-state index is 13.1. The molecular formula is C25H33F3N8. The van der Waals surface area contributed by atoms with Crippen LogP contribution >= 0.6 is 0 Å². The lowest BCUT2D eigenvalue weighted by molar-refractivity contribution is -0.137. The zero-order valence-electron chi connectivity index (χ0n) is 20.1. The SMILES string of the molecule is NNc1nc(N)cc(C(CCNC2CCCCC2)c2cnn(Cc3cccc(C(F)(F)F)c3)c2)c1N. The Hall–Kier alpha value is -3.31. The lowest BCUT2D eigenvalue weighted by atomic mass is 9.89. The highest BCUT2D eigenvalue weighted by atomic mass is 19.4. The minimum atomic E-state index is -4.39. The molecule has 1 fully saturated rings. The number of nitrogens with one attached hydrogen (secondary N) is 2. The fourth-order valence-corrected chi connectivity index (χ4v) is 4.91. The Bertz CT molecular complexity index is 1150. The van der Waals surface area contributed by atoms with Gasteiger partial charge in [0.1, 0.15) is 5.82 Å². The van der Waals surface area contributed by atoms with Crippen molar-refractivity contribution in [3.63, 3.8) is 0 Å². The zero-order valence-corrected chi connectivity index (χ0v) is 20.1. The monoisotopic (exact) mass is 502 g/mol. The van der Waals surface area contributed by atoms with Gasteiger partial charge in [-0.3, -0.25) is 4.68 Å². The molecule has 2 heterocycles. The van der Waals surface area contributed by atoms with Crippen LogP contribution in [0.2, 0.25) is 0 Å². The van der Waals surface area contributed by atoms with E-state index >= 15 is 0 Å². The molecule has 8 nitrogen and oxygen atoms in total. The molecule has 11 heteroatoms. The van der Waals surface area contributed by atoms with Crippen molar-refractivity contribution < 1.29 is 13.2 Å². The summed E-state index contributed by atoms with van der Waals surface area (Å²) >= 11 is 0. The molecule has 4 rings (SSSR count). The Morgan fingerprint density at radius 1 is 1.11 bits per heavy atom. The molecule has 36 heavy (non-hydrogen) atoms. The van der Waals surface area contributed by atoms with Gasteiger partial charge in [0, 0.05) is 18.2 Å². The Kier molecular flexibility index (Phi) is 8.00. The number of rotatable bonds is 9. The van der Waals surface area contributed by atoms with Crippen LogP contribution in [0.5, 0.6) is 0 Å². The predicted molar refractivity (Wildman–Crippen MR) is 135 cm³/mol. The average Bonchev–Trinajstić information content (AvgIpc) is 3.31. The first-order chi connectivity index (χ1) is 17.2. The van der Waals surface area contributed by atoms with Gasteiger partial charge in [-0.05, 0) is 60.7 Å². The largest absolute Gasteiger partial charge is 0.416 e. The van der Waals surface area contributed by atoms with Crippen molar-refractivity contribution in [2.75, 3.05) is 23.4 Å². The van der Waals surface area contributed by atoms with Crippen LogP contribution in [0.4, 0.5) is 30.5 Å². The van der Waals surface area contributed by atoms with E-state index < -0.39 is 11.7 Å². The molecular weight excluding hydrogens is 469 g/mol. The van der Waals surface area contributed by atoms with Crippen molar-refractivity contribution in [3.05, 3.63) is 65.0 Å². The van der Waals surface area contributed by atoms with Crippen molar-refractivity contribution >= 4 is 17.3 Å². The van der Waals surface area contributed by atoms with E-state index in [1.165, 1.54) is 38.2 Å². The van der Waals surface area contributed by atoms with Crippen molar-refractivity contribution in [3.8, 4) is 0 Å². The third-order valence-electron chi connectivity index (χ3n) is 6.75. The van der Waals surface area contributed by atoms with Crippen LogP contribution in [0.15, 0.2) is 42.7 Å². The number of hydrogen-bond acceptors (Lipinski definition) is 7. The first-order valence-electron chi connectivity index (χ1n) is 12.2. The van der Waals surface area contributed by atoms with E-state index in [1.807, 2.05) is 6.20 Å². The van der Waals surface area contributed by atoms with Crippen molar-refractivity contribution in [2.45, 2.75) is 63.2 Å². The van der Waals surface area contributed by atoms with Crippen LogP contribution in [-0.2, 0) is 12.7 Å². The van der Waals surface area contributed by atoms with Crippen LogP contribution in [0.1, 0.15) is 66.7 Å². The number of halogens is 3. The molecule has 0 spiro atoms. The molecule has 1 unspecified atom stereocenters. The van der Waals surface area contributed by atoms with Gasteiger partial charge in [0.15, 0.2) is 5.82 Å². The van der Waals surface area contributed by atoms with Gasteiger partial charge in [-0.1, -0.05) is 31.4 Å². The fourth-order valence-electron chi connectivity index (χ4n) is 4.91. The number of alkyl halides is 3. The molecule has 1 aliphatic rings. The van der Waals surface area contributed by atoms with Crippen LogP contribution in [0, 0.1) is 0 Å². The Balaban J connectivity index is 1.57. The van der Waals surface area contributed by atoms with E-state index in [-0.39, 0.29) is 18.3 Å². The standard InChI is InChI=1S/C25H33F3N8/c26-25(27,28)18-6-4-5-16(11-18)14-36-15-17(13-33-36)20(9-10-32-19-7-2-1-3-8-19)21-12-22(29)34-24(35-31)23(21)30/h4-6,11-13,15,19-20,32H,1-3,7-10,14,30-31H2,(H3,29,34,35). The van der Waals surface area contributed by atoms with E-state index in [9.17, 15) is 13.2 Å². The molecule has 1 atom stereocenters. The summed E-state index contributed by atoms with van der Waals surface area (Å²) < 4.78 is 41.0. The van der Waals surface area contributed by atoms with Crippen molar-refractivity contribution in [1.82, 2.24) is 20.1 Å². The van der Waals surface area contributed by atoms with Gasteiger partial charge >= 0.3 is 6.18 Å². The second-order valence-corrected chi connectivity index (χ2v) is 9.34. The van der Waals surface area contributed by atoms with E-state index in [0.29, 0.717) is 23.1 Å². The number of hydrogen-bond donors (Lipinski definition) is 5. The number of pyridine rings is 1. The summed E-state index contributed by atoms with van der Waals surface area (Å²) in [7, 11) is 0. The second kappa shape index (κ2) is 11.2. The highest BCUT2D eigenvalue weighted by Gasteiger charge is 2.30. The summed E-state index contributed by atoms with van der Waals surface area (Å²) in [6, 6.07) is 7.52. The Morgan fingerprint density at radius 2 is 1.89 bits per heavy atom. The molecule has 1 saturated carbocycles. The van der Waals surface area contributed by atoms with E-state index in [4.69, 9.17) is 17.3 Å². The number of aromatic nitrogens is 3. The van der Waals surface area contributed by atoms with Gasteiger partial charge in [-0.2, -0.15) is 18.3 Å². The average molecular weight is 503 g/mol. The van der Waals surface area contributed by atoms with Crippen LogP contribution in [-0.4, -0.2) is 27.4 Å². The van der Waals surface area contributed by atoms with E-state index in [0.717, 1.165) is 36.2 Å². The minimum absolute atomic E-state index is 0.159. The Labute approximate surface area is 208 Å². The molecule has 8 N–H and O–H groups in total. The van der Waals surface area contributed by atoms with E-state index in [2.05, 4.69) is 20.8 Å².